The van der Waals surface area contributed by atoms with Crippen molar-refractivity contribution in [1.82, 2.24) is 4.90 Å². The minimum absolute atomic E-state index is 0.0878. The van der Waals surface area contributed by atoms with Crippen molar-refractivity contribution in [3.63, 3.8) is 0 Å². The van der Waals surface area contributed by atoms with Gasteiger partial charge >= 0.3 is 0 Å². The summed E-state index contributed by atoms with van der Waals surface area (Å²) < 4.78 is 0. The monoisotopic (exact) mass is 255 g/mol. The van der Waals surface area contributed by atoms with Crippen LogP contribution in [0.1, 0.15) is 48.5 Å². The van der Waals surface area contributed by atoms with E-state index in [1.54, 1.807) is 5.41 Å². The summed E-state index contributed by atoms with van der Waals surface area (Å²) in [5.74, 6) is 0. The molecule has 0 saturated carbocycles. The van der Waals surface area contributed by atoms with Gasteiger partial charge in [-0.25, -0.2) is 0 Å². The second kappa shape index (κ2) is 6.93. The van der Waals surface area contributed by atoms with Gasteiger partial charge in [-0.15, -0.1) is 5.73 Å². The third-order valence-electron chi connectivity index (χ3n) is 2.07. The third-order valence-corrected chi connectivity index (χ3v) is 2.73. The molecule has 17 heavy (non-hydrogen) atoms. The summed E-state index contributed by atoms with van der Waals surface area (Å²) in [7, 11) is 0. The maximum atomic E-state index is 12.0. The molecule has 3 heteroatoms. The normalized spacial score (nSPS) is 11.4. The first-order chi connectivity index (χ1) is 7.65. The minimum Gasteiger partial charge on any atom is -0.328 e. The van der Waals surface area contributed by atoms with Gasteiger partial charge in [0.25, 0.3) is 5.24 Å². The molecule has 0 aliphatic rings. The molecule has 0 fully saturated rings. The zero-order valence-corrected chi connectivity index (χ0v) is 12.9. The van der Waals surface area contributed by atoms with Crippen molar-refractivity contribution in [3.05, 3.63) is 17.2 Å². The van der Waals surface area contributed by atoms with Crippen LogP contribution >= 0.6 is 11.8 Å². The van der Waals surface area contributed by atoms with Gasteiger partial charge in [-0.1, -0.05) is 20.8 Å². The summed E-state index contributed by atoms with van der Waals surface area (Å²) in [5.41, 5.74) is 3.16. The molecular formula is C14H25NOS. The molecular weight excluding hydrogens is 230 g/mol. The molecule has 0 aliphatic carbocycles. The zero-order valence-electron chi connectivity index (χ0n) is 12.1. The van der Waals surface area contributed by atoms with E-state index in [9.17, 15) is 4.79 Å². The molecule has 0 unspecified atom stereocenters. The number of allylic oxidation sites excluding steroid dienone is 1. The molecule has 0 bridgehead atoms. The van der Waals surface area contributed by atoms with E-state index in [0.29, 0.717) is 0 Å². The number of rotatable bonds is 3. The van der Waals surface area contributed by atoms with Gasteiger partial charge in [-0.2, -0.15) is 0 Å². The molecule has 0 aromatic rings. The number of carbonyl (C=O) groups is 1. The highest BCUT2D eigenvalue weighted by atomic mass is 32.2. The van der Waals surface area contributed by atoms with Crippen molar-refractivity contribution in [2.24, 2.45) is 5.41 Å². The molecule has 0 radical (unpaired) electrons. The van der Waals surface area contributed by atoms with E-state index in [1.165, 1.54) is 11.8 Å². The van der Waals surface area contributed by atoms with Crippen molar-refractivity contribution >= 4 is 17.0 Å². The summed E-state index contributed by atoms with van der Waals surface area (Å²) in [5, 5.41) is 1.83. The second-order valence-corrected chi connectivity index (χ2v) is 6.59. The largest absolute Gasteiger partial charge is 0.328 e. The molecule has 0 N–H and O–H groups in total. The third kappa shape index (κ3) is 7.30. The first-order valence-electron chi connectivity index (χ1n) is 6.06. The molecule has 98 valence electrons. The molecule has 0 rings (SSSR count). The van der Waals surface area contributed by atoms with E-state index in [-0.39, 0.29) is 22.7 Å². The maximum Gasteiger partial charge on any atom is 0.286 e. The van der Waals surface area contributed by atoms with Crippen LogP contribution < -0.4 is 0 Å². The molecule has 0 aliphatic heterocycles. The van der Waals surface area contributed by atoms with Gasteiger partial charge in [0.05, 0.1) is 0 Å². The van der Waals surface area contributed by atoms with Crippen LogP contribution in [0.25, 0.3) is 0 Å². The number of hydrogen-bond donors (Lipinski definition) is 0. The fraction of sp³-hybridized carbons (Fsp3) is 0.714. The quantitative estimate of drug-likeness (QED) is 0.683. The average molecular weight is 255 g/mol. The topological polar surface area (TPSA) is 20.3 Å². The molecule has 0 saturated heterocycles. The Bertz CT molecular complexity index is 299. The van der Waals surface area contributed by atoms with Crippen molar-refractivity contribution in [2.75, 3.05) is 0 Å². The van der Waals surface area contributed by atoms with E-state index < -0.39 is 0 Å². The molecule has 0 spiro atoms. The highest BCUT2D eigenvalue weighted by Gasteiger charge is 2.19. The number of hydrogen-bond acceptors (Lipinski definition) is 2. The van der Waals surface area contributed by atoms with Gasteiger partial charge in [0.1, 0.15) is 0 Å². The first kappa shape index (κ1) is 16.3. The van der Waals surface area contributed by atoms with E-state index in [1.807, 2.05) is 38.7 Å². The van der Waals surface area contributed by atoms with E-state index in [0.717, 1.165) is 0 Å². The van der Waals surface area contributed by atoms with Crippen molar-refractivity contribution in [1.29, 1.82) is 0 Å². The molecule has 0 atom stereocenters. The molecule has 2 nitrogen and oxygen atoms in total. The molecule has 1 amide bonds. The van der Waals surface area contributed by atoms with Crippen LogP contribution in [0.15, 0.2) is 17.2 Å². The minimum atomic E-state index is 0.0878. The fourth-order valence-corrected chi connectivity index (χ4v) is 2.23. The fourth-order valence-electron chi connectivity index (χ4n) is 1.45. The van der Waals surface area contributed by atoms with Crippen molar-refractivity contribution in [2.45, 2.75) is 60.5 Å². The predicted molar refractivity (Wildman–Crippen MR) is 77.2 cm³/mol. The van der Waals surface area contributed by atoms with Crippen LogP contribution in [0.2, 0.25) is 0 Å². The van der Waals surface area contributed by atoms with E-state index >= 15 is 0 Å². The van der Waals surface area contributed by atoms with Crippen LogP contribution in [0, 0.1) is 5.41 Å². The van der Waals surface area contributed by atoms with E-state index in [4.69, 9.17) is 0 Å². The summed E-state index contributed by atoms with van der Waals surface area (Å²) in [6.45, 7) is 14.5. The SMILES string of the molecule is CC(C)N(C(=O)SC=C=CC(C)(C)C)C(C)C. The lowest BCUT2D eigenvalue weighted by Gasteiger charge is -2.29. The summed E-state index contributed by atoms with van der Waals surface area (Å²) >= 11 is 1.20. The number of amides is 1. The Hall–Kier alpha value is -0.660. The van der Waals surface area contributed by atoms with Gasteiger partial charge in [0, 0.05) is 17.5 Å². The van der Waals surface area contributed by atoms with Gasteiger partial charge in [0.2, 0.25) is 0 Å². The summed E-state index contributed by atoms with van der Waals surface area (Å²) in [4.78, 5) is 13.8. The Labute approximate surface area is 110 Å². The van der Waals surface area contributed by atoms with Crippen LogP contribution in [0.3, 0.4) is 0 Å². The number of carbonyl (C=O) groups excluding carboxylic acids is 1. The Morgan fingerprint density at radius 2 is 1.65 bits per heavy atom. The van der Waals surface area contributed by atoms with Gasteiger partial charge in [-0.05, 0) is 50.9 Å². The second-order valence-electron chi connectivity index (χ2n) is 5.77. The van der Waals surface area contributed by atoms with Crippen LogP contribution in [0.4, 0.5) is 4.79 Å². The Kier molecular flexibility index (Phi) is 6.66. The highest BCUT2D eigenvalue weighted by molar-refractivity contribution is 8.16. The number of thioether (sulfide) groups is 1. The van der Waals surface area contributed by atoms with Crippen LogP contribution in [0.5, 0.6) is 0 Å². The van der Waals surface area contributed by atoms with Crippen molar-refractivity contribution in [3.8, 4) is 0 Å². The summed E-state index contributed by atoms with van der Waals surface area (Å²) in [6, 6.07) is 0.463. The van der Waals surface area contributed by atoms with E-state index in [2.05, 4.69) is 26.5 Å². The highest BCUT2D eigenvalue weighted by Crippen LogP contribution is 2.17. The zero-order chi connectivity index (χ0) is 13.6. The van der Waals surface area contributed by atoms with Crippen molar-refractivity contribution < 1.29 is 4.79 Å². The smallest absolute Gasteiger partial charge is 0.286 e. The Balaban J connectivity index is 4.50. The lowest BCUT2D eigenvalue weighted by Crippen LogP contribution is -2.39. The molecule has 0 aromatic carbocycles. The van der Waals surface area contributed by atoms with Gasteiger partial charge in [-0.3, -0.25) is 4.79 Å². The van der Waals surface area contributed by atoms with Crippen LogP contribution in [-0.2, 0) is 0 Å². The lowest BCUT2D eigenvalue weighted by atomic mass is 9.97. The van der Waals surface area contributed by atoms with Gasteiger partial charge < -0.3 is 4.90 Å². The summed E-state index contributed by atoms with van der Waals surface area (Å²) in [6.07, 6.45) is 1.97. The van der Waals surface area contributed by atoms with Crippen LogP contribution in [-0.4, -0.2) is 22.2 Å². The lowest BCUT2D eigenvalue weighted by molar-refractivity contribution is 0.190. The Morgan fingerprint density at radius 1 is 1.18 bits per heavy atom. The van der Waals surface area contributed by atoms with Gasteiger partial charge in [0.15, 0.2) is 0 Å². The average Bonchev–Trinajstić information content (AvgIpc) is 2.09. The first-order valence-corrected chi connectivity index (χ1v) is 6.94. The molecule has 0 aromatic heterocycles. The number of nitrogens with zero attached hydrogens (tertiary/aromatic N) is 1. The predicted octanol–water partition coefficient (Wildman–Crippen LogP) is 4.67. The standard InChI is InChI=1S/C14H25NOS/c1-11(2)15(12(3)4)13(16)17-10-8-9-14(5,6)7/h9-12H,1-7H3. The Morgan fingerprint density at radius 3 is 2.00 bits per heavy atom. The maximum absolute atomic E-state index is 12.0. The molecule has 0 heterocycles.